The second kappa shape index (κ2) is 9.39. The van der Waals surface area contributed by atoms with Crippen LogP contribution in [0, 0.1) is 5.92 Å². The Balaban J connectivity index is 2.34. The van der Waals surface area contributed by atoms with Crippen LogP contribution in [0.4, 0.5) is 0 Å². The number of carbonyl (C=O) groups excluding carboxylic acids is 2. The van der Waals surface area contributed by atoms with Gasteiger partial charge in [0.05, 0.1) is 19.1 Å². The zero-order valence-corrected chi connectivity index (χ0v) is 16.1. The highest BCUT2D eigenvalue weighted by Crippen LogP contribution is 2.37. The summed E-state index contributed by atoms with van der Waals surface area (Å²) < 4.78 is 5.20. The van der Waals surface area contributed by atoms with E-state index >= 15 is 0 Å². The Morgan fingerprint density at radius 1 is 1.33 bits per heavy atom. The van der Waals surface area contributed by atoms with Crippen LogP contribution in [0.3, 0.4) is 0 Å². The molecule has 1 saturated heterocycles. The van der Waals surface area contributed by atoms with Crippen molar-refractivity contribution < 1.29 is 24.2 Å². The number of aliphatic carboxylic acids is 1. The molecule has 1 aliphatic heterocycles. The van der Waals surface area contributed by atoms with Crippen LogP contribution in [0.25, 0.3) is 0 Å². The van der Waals surface area contributed by atoms with Crippen molar-refractivity contribution in [1.29, 1.82) is 0 Å². The number of unbranched alkanes of at least 4 members (excludes halogenated alkanes) is 1. The second-order valence-corrected chi connectivity index (χ2v) is 6.87. The van der Waals surface area contributed by atoms with Gasteiger partial charge in [-0.25, -0.2) is 0 Å². The molecule has 3 atom stereocenters. The topological polar surface area (TPSA) is 95.9 Å². The first-order valence-electron chi connectivity index (χ1n) is 9.35. The highest BCUT2D eigenvalue weighted by Gasteiger charge is 2.40. The molecule has 1 heterocycles. The Bertz CT molecular complexity index is 673. The van der Waals surface area contributed by atoms with E-state index in [9.17, 15) is 14.4 Å². The number of benzene rings is 1. The van der Waals surface area contributed by atoms with E-state index in [1.807, 2.05) is 12.1 Å². The van der Waals surface area contributed by atoms with Crippen LogP contribution in [-0.4, -0.2) is 47.5 Å². The van der Waals surface area contributed by atoms with Crippen molar-refractivity contribution in [3.63, 3.8) is 0 Å². The lowest BCUT2D eigenvalue weighted by atomic mass is 9.83. The lowest BCUT2D eigenvalue weighted by Crippen LogP contribution is -2.50. The molecule has 1 fully saturated rings. The molecule has 2 amide bonds. The third-order valence-corrected chi connectivity index (χ3v) is 4.98. The summed E-state index contributed by atoms with van der Waals surface area (Å²) in [4.78, 5) is 38.3. The summed E-state index contributed by atoms with van der Waals surface area (Å²) >= 11 is 0. The number of hydrogen-bond acceptors (Lipinski definition) is 4. The average Bonchev–Trinajstić information content (AvgIpc) is 2.66. The molecule has 27 heavy (non-hydrogen) atoms. The van der Waals surface area contributed by atoms with Crippen molar-refractivity contribution in [2.24, 2.45) is 5.92 Å². The van der Waals surface area contributed by atoms with Crippen molar-refractivity contribution in [2.75, 3.05) is 13.7 Å². The molecule has 2 N–H and O–H groups in total. The Hall–Kier alpha value is -2.57. The van der Waals surface area contributed by atoms with Gasteiger partial charge in [-0.15, -0.1) is 0 Å². The summed E-state index contributed by atoms with van der Waals surface area (Å²) in [5.74, 6) is -1.19. The molecule has 1 aliphatic rings. The number of piperidine rings is 1. The molecule has 7 nitrogen and oxygen atoms in total. The number of rotatable bonds is 8. The number of methoxy groups -OCH3 is 1. The highest BCUT2D eigenvalue weighted by molar-refractivity contribution is 5.88. The van der Waals surface area contributed by atoms with Crippen LogP contribution in [0.5, 0.6) is 5.75 Å². The standard InChI is InChI=1S/C20H28N2O5/c1-4-5-12-22-17(23)11-10-16(19(24)21-13(2)20(25)26)18(22)14-6-8-15(27-3)9-7-14/h6-9,13,16,18H,4-5,10-12H2,1-3H3,(H,21,24)(H,25,26). The van der Waals surface area contributed by atoms with Gasteiger partial charge >= 0.3 is 5.97 Å². The van der Waals surface area contributed by atoms with Gasteiger partial charge < -0.3 is 20.1 Å². The maximum atomic E-state index is 12.8. The quantitative estimate of drug-likeness (QED) is 0.726. The van der Waals surface area contributed by atoms with E-state index in [1.165, 1.54) is 6.92 Å². The number of carboxylic acid groups (broad SMARTS) is 1. The van der Waals surface area contributed by atoms with Crippen molar-refractivity contribution in [1.82, 2.24) is 10.2 Å². The minimum Gasteiger partial charge on any atom is -0.497 e. The maximum absolute atomic E-state index is 12.8. The largest absolute Gasteiger partial charge is 0.497 e. The summed E-state index contributed by atoms with van der Waals surface area (Å²) in [6, 6.07) is 5.95. The smallest absolute Gasteiger partial charge is 0.325 e. The molecule has 0 radical (unpaired) electrons. The van der Waals surface area contributed by atoms with E-state index in [0.29, 0.717) is 18.7 Å². The number of nitrogens with zero attached hydrogens (tertiary/aromatic N) is 1. The molecule has 3 unspecified atom stereocenters. The Morgan fingerprint density at radius 3 is 2.56 bits per heavy atom. The summed E-state index contributed by atoms with van der Waals surface area (Å²) in [6.45, 7) is 4.06. The van der Waals surface area contributed by atoms with Crippen molar-refractivity contribution in [3.8, 4) is 5.75 Å². The van der Waals surface area contributed by atoms with Crippen LogP contribution < -0.4 is 10.1 Å². The molecule has 7 heteroatoms. The predicted octanol–water partition coefficient (Wildman–Crippen LogP) is 2.36. The molecule has 0 bridgehead atoms. The number of ether oxygens (including phenoxy) is 1. The molecular formula is C20H28N2O5. The molecule has 2 rings (SSSR count). The van der Waals surface area contributed by atoms with E-state index in [-0.39, 0.29) is 18.2 Å². The van der Waals surface area contributed by atoms with Crippen LogP contribution in [-0.2, 0) is 14.4 Å². The molecule has 0 aliphatic carbocycles. The first-order valence-corrected chi connectivity index (χ1v) is 9.35. The van der Waals surface area contributed by atoms with Gasteiger partial charge in [0.25, 0.3) is 0 Å². The summed E-state index contributed by atoms with van der Waals surface area (Å²) in [5.41, 5.74) is 0.850. The van der Waals surface area contributed by atoms with Crippen LogP contribution in [0.1, 0.15) is 51.1 Å². The van der Waals surface area contributed by atoms with Gasteiger partial charge in [0.2, 0.25) is 11.8 Å². The number of carbonyl (C=O) groups is 3. The van der Waals surface area contributed by atoms with E-state index < -0.39 is 24.0 Å². The zero-order valence-electron chi connectivity index (χ0n) is 16.1. The number of likely N-dealkylation sites (tertiary alicyclic amines) is 1. The maximum Gasteiger partial charge on any atom is 0.325 e. The Labute approximate surface area is 159 Å². The first kappa shape index (κ1) is 20.7. The Kier molecular flexibility index (Phi) is 7.21. The number of hydrogen-bond donors (Lipinski definition) is 2. The highest BCUT2D eigenvalue weighted by atomic mass is 16.5. The molecular weight excluding hydrogens is 348 g/mol. The van der Waals surface area contributed by atoms with E-state index in [0.717, 1.165) is 18.4 Å². The summed E-state index contributed by atoms with van der Waals surface area (Å²) in [6.07, 6.45) is 2.47. The second-order valence-electron chi connectivity index (χ2n) is 6.87. The first-order chi connectivity index (χ1) is 12.9. The number of carboxylic acids is 1. The van der Waals surface area contributed by atoms with Gasteiger partial charge in [0.1, 0.15) is 11.8 Å². The lowest BCUT2D eigenvalue weighted by Gasteiger charge is -2.41. The van der Waals surface area contributed by atoms with Crippen molar-refractivity contribution >= 4 is 17.8 Å². The van der Waals surface area contributed by atoms with Gasteiger partial charge in [0.15, 0.2) is 0 Å². The van der Waals surface area contributed by atoms with Gasteiger partial charge in [-0.2, -0.15) is 0 Å². The van der Waals surface area contributed by atoms with E-state index in [2.05, 4.69) is 12.2 Å². The zero-order chi connectivity index (χ0) is 20.0. The van der Waals surface area contributed by atoms with E-state index in [4.69, 9.17) is 9.84 Å². The van der Waals surface area contributed by atoms with Gasteiger partial charge in [0, 0.05) is 13.0 Å². The number of amides is 2. The van der Waals surface area contributed by atoms with Gasteiger partial charge in [-0.1, -0.05) is 25.5 Å². The van der Waals surface area contributed by atoms with Crippen molar-refractivity contribution in [2.45, 2.75) is 51.6 Å². The van der Waals surface area contributed by atoms with Crippen LogP contribution in [0.15, 0.2) is 24.3 Å². The minimum absolute atomic E-state index is 0.0274. The summed E-state index contributed by atoms with van der Waals surface area (Å²) in [7, 11) is 1.58. The molecule has 0 aromatic heterocycles. The molecule has 1 aromatic carbocycles. The fourth-order valence-electron chi connectivity index (χ4n) is 3.42. The normalized spacial score (nSPS) is 20.9. The molecule has 0 spiro atoms. The fraction of sp³-hybridized carbons (Fsp3) is 0.550. The van der Waals surface area contributed by atoms with Gasteiger partial charge in [-0.3, -0.25) is 14.4 Å². The average molecular weight is 376 g/mol. The third-order valence-electron chi connectivity index (χ3n) is 4.98. The third kappa shape index (κ3) is 4.99. The SMILES string of the molecule is CCCCN1C(=O)CCC(C(=O)NC(C)C(=O)O)C1c1ccc(OC)cc1. The Morgan fingerprint density at radius 2 is 2.00 bits per heavy atom. The van der Waals surface area contributed by atoms with Gasteiger partial charge in [-0.05, 0) is 37.5 Å². The molecule has 148 valence electrons. The van der Waals surface area contributed by atoms with Crippen molar-refractivity contribution in [3.05, 3.63) is 29.8 Å². The molecule has 1 aromatic rings. The minimum atomic E-state index is -1.08. The number of nitrogens with one attached hydrogen (secondary N) is 1. The lowest BCUT2D eigenvalue weighted by molar-refractivity contribution is -0.147. The fourth-order valence-corrected chi connectivity index (χ4v) is 3.42. The van der Waals surface area contributed by atoms with E-state index in [1.54, 1.807) is 24.1 Å². The molecule has 0 saturated carbocycles. The van der Waals surface area contributed by atoms with Crippen LogP contribution >= 0.6 is 0 Å². The predicted molar refractivity (Wildman–Crippen MR) is 100 cm³/mol. The monoisotopic (exact) mass is 376 g/mol. The summed E-state index contributed by atoms with van der Waals surface area (Å²) in [5, 5.41) is 11.6. The van der Waals surface area contributed by atoms with Crippen LogP contribution in [0.2, 0.25) is 0 Å².